The lowest BCUT2D eigenvalue weighted by Crippen LogP contribution is -1.98. The van der Waals surface area contributed by atoms with Crippen LogP contribution in [-0.4, -0.2) is 32.3 Å². The summed E-state index contributed by atoms with van der Waals surface area (Å²) in [4.78, 5) is 4.06. The Kier molecular flexibility index (Phi) is 2.46. The maximum Gasteiger partial charge on any atom is 0.143 e. The van der Waals surface area contributed by atoms with Gasteiger partial charge in [0.15, 0.2) is 0 Å². The van der Waals surface area contributed by atoms with E-state index in [1.807, 2.05) is 6.07 Å². The third-order valence-electron chi connectivity index (χ3n) is 1.71. The summed E-state index contributed by atoms with van der Waals surface area (Å²) >= 11 is 0. The van der Waals surface area contributed by atoms with Crippen LogP contribution >= 0.6 is 0 Å². The predicted molar refractivity (Wildman–Crippen MR) is 47.7 cm³/mol. The topological polar surface area (TPSA) is 65.7 Å². The summed E-state index contributed by atoms with van der Waals surface area (Å²) in [6.07, 6.45) is 4.96. The third kappa shape index (κ3) is 1.74. The second-order valence-corrected chi connectivity index (χ2v) is 2.74. The van der Waals surface area contributed by atoms with Crippen molar-refractivity contribution >= 4 is 0 Å². The molecule has 0 N–H and O–H groups in total. The van der Waals surface area contributed by atoms with Crippen LogP contribution in [0.4, 0.5) is 0 Å². The molecule has 0 atom stereocenters. The average Bonchev–Trinajstić information content (AvgIpc) is 2.71. The number of nitrogens with zero attached hydrogens (tertiary/aromatic N) is 5. The molecule has 2 aromatic heterocycles. The Bertz CT molecular complexity index is 400. The Morgan fingerprint density at radius 3 is 3.07 bits per heavy atom. The van der Waals surface area contributed by atoms with E-state index in [9.17, 15) is 0 Å². The van der Waals surface area contributed by atoms with Crippen molar-refractivity contribution in [3.63, 3.8) is 0 Å². The molecule has 0 radical (unpaired) electrons. The lowest BCUT2D eigenvalue weighted by molar-refractivity contribution is 0.184. The van der Waals surface area contributed by atoms with Crippen LogP contribution in [0.25, 0.3) is 5.69 Å². The Balaban J connectivity index is 2.31. The van der Waals surface area contributed by atoms with Crippen LogP contribution in [0, 0.1) is 0 Å². The lowest BCUT2D eigenvalue weighted by Gasteiger charge is -2.01. The summed E-state index contributed by atoms with van der Waals surface area (Å²) in [5, 5.41) is 10.9. The van der Waals surface area contributed by atoms with Crippen molar-refractivity contribution in [1.82, 2.24) is 25.2 Å². The molecular formula is C8H9N5O. The summed E-state index contributed by atoms with van der Waals surface area (Å²) in [7, 11) is 1.64. The second-order valence-electron chi connectivity index (χ2n) is 2.74. The summed E-state index contributed by atoms with van der Waals surface area (Å²) in [5.74, 6) is 0. The number of hydrogen-bond acceptors (Lipinski definition) is 5. The van der Waals surface area contributed by atoms with E-state index >= 15 is 0 Å². The number of hydrogen-bond donors (Lipinski definition) is 0. The van der Waals surface area contributed by atoms with Crippen LogP contribution in [0.1, 0.15) is 5.56 Å². The van der Waals surface area contributed by atoms with Gasteiger partial charge >= 0.3 is 0 Å². The van der Waals surface area contributed by atoms with Gasteiger partial charge in [-0.3, -0.25) is 4.98 Å². The predicted octanol–water partition coefficient (Wildman–Crippen LogP) is 0.204. The van der Waals surface area contributed by atoms with Crippen LogP contribution < -0.4 is 0 Å². The van der Waals surface area contributed by atoms with Crippen LogP contribution in [0.5, 0.6) is 0 Å². The zero-order chi connectivity index (χ0) is 9.80. The monoisotopic (exact) mass is 191 g/mol. The van der Waals surface area contributed by atoms with Crippen LogP contribution in [-0.2, 0) is 11.3 Å². The van der Waals surface area contributed by atoms with Crippen LogP contribution in [0.3, 0.4) is 0 Å². The summed E-state index contributed by atoms with van der Waals surface area (Å²) in [6, 6.07) is 1.92. The summed E-state index contributed by atoms with van der Waals surface area (Å²) in [6.45, 7) is 0.531. The molecule has 0 saturated heterocycles. The molecule has 0 bridgehead atoms. The van der Waals surface area contributed by atoms with Crippen molar-refractivity contribution in [3.8, 4) is 5.69 Å². The van der Waals surface area contributed by atoms with Crippen LogP contribution in [0.2, 0.25) is 0 Å². The fourth-order valence-electron chi connectivity index (χ4n) is 1.12. The first kappa shape index (κ1) is 8.76. The molecule has 0 unspecified atom stereocenters. The fourth-order valence-corrected chi connectivity index (χ4v) is 1.12. The number of ether oxygens (including phenoxy) is 1. The molecule has 14 heavy (non-hydrogen) atoms. The van der Waals surface area contributed by atoms with Gasteiger partial charge in [-0.05, 0) is 22.1 Å². The Hall–Kier alpha value is -1.82. The molecule has 2 rings (SSSR count). The Labute approximate surface area is 80.5 Å². The highest BCUT2D eigenvalue weighted by Gasteiger charge is 1.99. The molecule has 6 heteroatoms. The Morgan fingerprint density at radius 1 is 1.43 bits per heavy atom. The molecule has 6 nitrogen and oxygen atoms in total. The van der Waals surface area contributed by atoms with E-state index in [0.717, 1.165) is 11.3 Å². The molecule has 0 spiro atoms. The number of tetrazole rings is 1. The molecule has 0 aliphatic heterocycles. The minimum Gasteiger partial charge on any atom is -0.380 e. The summed E-state index contributed by atoms with van der Waals surface area (Å²) < 4.78 is 6.55. The van der Waals surface area contributed by atoms with Gasteiger partial charge in [-0.25, -0.2) is 0 Å². The van der Waals surface area contributed by atoms with E-state index in [-0.39, 0.29) is 0 Å². The third-order valence-corrected chi connectivity index (χ3v) is 1.71. The minimum absolute atomic E-state index is 0.531. The number of rotatable bonds is 3. The van der Waals surface area contributed by atoms with Crippen molar-refractivity contribution in [3.05, 3.63) is 30.4 Å². The first-order chi connectivity index (χ1) is 6.90. The van der Waals surface area contributed by atoms with E-state index in [2.05, 4.69) is 20.5 Å². The van der Waals surface area contributed by atoms with Gasteiger partial charge < -0.3 is 4.74 Å². The number of pyridine rings is 1. The maximum absolute atomic E-state index is 5.00. The van der Waals surface area contributed by atoms with E-state index < -0.39 is 0 Å². The van der Waals surface area contributed by atoms with Crippen molar-refractivity contribution in [1.29, 1.82) is 0 Å². The highest BCUT2D eigenvalue weighted by Crippen LogP contribution is 2.06. The molecule has 0 aliphatic rings. The molecular weight excluding hydrogens is 182 g/mol. The van der Waals surface area contributed by atoms with Crippen molar-refractivity contribution < 1.29 is 4.74 Å². The highest BCUT2D eigenvalue weighted by molar-refractivity contribution is 5.29. The van der Waals surface area contributed by atoms with Gasteiger partial charge in [0.1, 0.15) is 6.33 Å². The summed E-state index contributed by atoms with van der Waals surface area (Å²) in [5.41, 5.74) is 1.81. The fraction of sp³-hybridized carbons (Fsp3) is 0.250. The Morgan fingerprint density at radius 2 is 2.36 bits per heavy atom. The zero-order valence-electron chi connectivity index (χ0n) is 7.66. The molecule has 2 heterocycles. The van der Waals surface area contributed by atoms with E-state index in [0.29, 0.717) is 6.61 Å². The first-order valence-corrected chi connectivity index (χ1v) is 4.06. The smallest absolute Gasteiger partial charge is 0.143 e. The molecule has 2 aromatic rings. The molecule has 0 amide bonds. The SMILES string of the molecule is COCc1cncc(-n2cnnn2)c1. The van der Waals surface area contributed by atoms with Gasteiger partial charge in [0.2, 0.25) is 0 Å². The average molecular weight is 191 g/mol. The minimum atomic E-state index is 0.531. The van der Waals surface area contributed by atoms with Crippen molar-refractivity contribution in [2.75, 3.05) is 7.11 Å². The largest absolute Gasteiger partial charge is 0.380 e. The zero-order valence-corrected chi connectivity index (χ0v) is 7.66. The van der Waals surface area contributed by atoms with Gasteiger partial charge in [0.25, 0.3) is 0 Å². The molecule has 0 aliphatic carbocycles. The first-order valence-electron chi connectivity index (χ1n) is 4.06. The molecule has 72 valence electrons. The number of aromatic nitrogens is 5. The van der Waals surface area contributed by atoms with Crippen LogP contribution in [0.15, 0.2) is 24.8 Å². The molecule has 0 aromatic carbocycles. The van der Waals surface area contributed by atoms with Crippen molar-refractivity contribution in [2.24, 2.45) is 0 Å². The number of methoxy groups -OCH3 is 1. The van der Waals surface area contributed by atoms with Gasteiger partial charge in [0.05, 0.1) is 18.5 Å². The van der Waals surface area contributed by atoms with Crippen molar-refractivity contribution in [2.45, 2.75) is 6.61 Å². The standard InChI is InChI=1S/C8H9N5O/c1-14-5-7-2-8(4-9-3-7)13-6-10-11-12-13/h2-4,6H,5H2,1H3. The normalized spacial score (nSPS) is 10.4. The van der Waals surface area contributed by atoms with Gasteiger partial charge in [-0.15, -0.1) is 5.10 Å². The quantitative estimate of drug-likeness (QED) is 0.693. The van der Waals surface area contributed by atoms with E-state index in [1.54, 1.807) is 24.2 Å². The van der Waals surface area contributed by atoms with E-state index in [1.165, 1.54) is 6.33 Å². The van der Waals surface area contributed by atoms with Gasteiger partial charge in [-0.1, -0.05) is 0 Å². The van der Waals surface area contributed by atoms with Gasteiger partial charge in [-0.2, -0.15) is 4.68 Å². The maximum atomic E-state index is 5.00. The van der Waals surface area contributed by atoms with Gasteiger partial charge in [0, 0.05) is 13.3 Å². The second kappa shape index (κ2) is 3.93. The highest BCUT2D eigenvalue weighted by atomic mass is 16.5. The molecule has 0 fully saturated rings. The molecule has 0 saturated carbocycles. The van der Waals surface area contributed by atoms with E-state index in [4.69, 9.17) is 4.74 Å². The lowest BCUT2D eigenvalue weighted by atomic mass is 10.3.